The van der Waals surface area contributed by atoms with Crippen LogP contribution in [-0.2, 0) is 20.8 Å². The monoisotopic (exact) mass is 432 g/mol. The van der Waals surface area contributed by atoms with Gasteiger partial charge in [-0.25, -0.2) is 9.59 Å². The van der Waals surface area contributed by atoms with Crippen LogP contribution in [0.1, 0.15) is 38.3 Å². The molecule has 0 bridgehead atoms. The first kappa shape index (κ1) is 23.9. The largest absolute Gasteiger partial charge is 0.483 e. The highest BCUT2D eigenvalue weighted by atomic mass is 16.5. The zero-order chi connectivity index (χ0) is 23.1. The molecule has 0 saturated heterocycles. The molecule has 0 aliphatic rings. The summed E-state index contributed by atoms with van der Waals surface area (Å²) in [4.78, 5) is 47.2. The number of hydrogen-bond donors (Lipinski definition) is 3. The molecular weight excluding hydrogens is 404 g/mol. The Balaban J connectivity index is 2.02. The number of carboxylic acid groups (broad SMARTS) is 1. The molecule has 1 aromatic heterocycles. The fourth-order valence-corrected chi connectivity index (χ4v) is 3.14. The van der Waals surface area contributed by atoms with Crippen molar-refractivity contribution in [1.82, 2.24) is 10.6 Å². The predicted molar refractivity (Wildman–Crippen MR) is 114 cm³/mol. The fraction of sp³-hybridized carbons (Fsp3) is 0.455. The summed E-state index contributed by atoms with van der Waals surface area (Å²) in [5.74, 6) is -2.12. The third kappa shape index (κ3) is 6.31. The van der Waals surface area contributed by atoms with Crippen molar-refractivity contribution >= 4 is 28.8 Å². The molecule has 31 heavy (non-hydrogen) atoms. The Hall–Kier alpha value is -3.36. The number of carboxylic acids is 1. The summed E-state index contributed by atoms with van der Waals surface area (Å²) in [6.45, 7) is 6.53. The molecule has 0 spiro atoms. The van der Waals surface area contributed by atoms with Gasteiger partial charge in [0.25, 0.3) is 5.91 Å². The number of benzene rings is 1. The van der Waals surface area contributed by atoms with Gasteiger partial charge in [-0.1, -0.05) is 27.2 Å². The minimum atomic E-state index is -1.12. The number of amides is 2. The summed E-state index contributed by atoms with van der Waals surface area (Å²) in [5, 5.41) is 14.7. The Morgan fingerprint density at radius 3 is 2.48 bits per heavy atom. The Bertz CT molecular complexity index is 1030. The topological polar surface area (TPSA) is 135 Å². The minimum Gasteiger partial charge on any atom is -0.483 e. The van der Waals surface area contributed by atoms with Crippen molar-refractivity contribution in [3.63, 3.8) is 0 Å². The van der Waals surface area contributed by atoms with E-state index in [1.165, 1.54) is 6.07 Å². The average molecular weight is 432 g/mol. The lowest BCUT2D eigenvalue weighted by molar-refractivity contribution is -0.143. The van der Waals surface area contributed by atoms with E-state index in [-0.39, 0.29) is 19.1 Å². The Labute approximate surface area is 179 Å². The van der Waals surface area contributed by atoms with E-state index in [4.69, 9.17) is 9.15 Å². The first-order valence-electron chi connectivity index (χ1n) is 10.1. The second-order valence-electron chi connectivity index (χ2n) is 7.41. The highest BCUT2D eigenvalue weighted by Gasteiger charge is 2.25. The number of fused-ring (bicyclic) bond motifs is 1. The van der Waals surface area contributed by atoms with Crippen LogP contribution < -0.4 is 21.0 Å². The van der Waals surface area contributed by atoms with E-state index in [9.17, 15) is 24.3 Å². The van der Waals surface area contributed by atoms with Crippen LogP contribution in [0.5, 0.6) is 5.75 Å². The van der Waals surface area contributed by atoms with Crippen molar-refractivity contribution in [1.29, 1.82) is 0 Å². The molecule has 2 aromatic rings. The Morgan fingerprint density at radius 2 is 1.87 bits per heavy atom. The molecule has 0 saturated carbocycles. The van der Waals surface area contributed by atoms with Gasteiger partial charge in [-0.05, 0) is 42.5 Å². The number of hydrogen-bond acceptors (Lipinski definition) is 6. The van der Waals surface area contributed by atoms with Crippen LogP contribution in [0, 0.1) is 12.8 Å². The maximum absolute atomic E-state index is 12.2. The molecule has 9 nitrogen and oxygen atoms in total. The molecule has 0 aliphatic heterocycles. The number of nitrogens with one attached hydrogen (secondary N) is 2. The fourth-order valence-electron chi connectivity index (χ4n) is 3.14. The van der Waals surface area contributed by atoms with Crippen LogP contribution in [0.4, 0.5) is 0 Å². The van der Waals surface area contributed by atoms with Gasteiger partial charge in [0.05, 0.1) is 11.9 Å². The third-order valence-corrected chi connectivity index (χ3v) is 5.02. The Morgan fingerprint density at radius 1 is 1.16 bits per heavy atom. The highest BCUT2D eigenvalue weighted by Crippen LogP contribution is 2.30. The maximum Gasteiger partial charge on any atom is 0.336 e. The number of aliphatic carboxylic acids is 1. The van der Waals surface area contributed by atoms with Gasteiger partial charge in [0.1, 0.15) is 17.4 Å². The third-order valence-electron chi connectivity index (χ3n) is 5.02. The van der Waals surface area contributed by atoms with Crippen molar-refractivity contribution in [2.45, 2.75) is 46.6 Å². The predicted octanol–water partition coefficient (Wildman–Crippen LogP) is 1.77. The smallest absolute Gasteiger partial charge is 0.336 e. The lowest BCUT2D eigenvalue weighted by Gasteiger charge is -2.20. The molecule has 3 N–H and O–H groups in total. The molecule has 0 fully saturated rings. The first-order valence-corrected chi connectivity index (χ1v) is 10.1. The van der Waals surface area contributed by atoms with Crippen LogP contribution in [0.15, 0.2) is 27.4 Å². The van der Waals surface area contributed by atoms with Crippen LogP contribution in [0.25, 0.3) is 11.0 Å². The zero-order valence-corrected chi connectivity index (χ0v) is 18.1. The molecule has 2 rings (SSSR count). The lowest BCUT2D eigenvalue weighted by Crippen LogP contribution is -2.48. The van der Waals surface area contributed by atoms with E-state index in [2.05, 4.69) is 10.6 Å². The van der Waals surface area contributed by atoms with Gasteiger partial charge in [0.2, 0.25) is 5.91 Å². The van der Waals surface area contributed by atoms with Crippen molar-refractivity contribution in [3.05, 3.63) is 39.7 Å². The number of carbonyl (C=O) groups is 3. The molecule has 1 aromatic carbocycles. The van der Waals surface area contributed by atoms with Gasteiger partial charge in [-0.15, -0.1) is 0 Å². The van der Waals surface area contributed by atoms with Gasteiger partial charge in [0, 0.05) is 6.07 Å². The van der Waals surface area contributed by atoms with E-state index in [0.29, 0.717) is 29.6 Å². The second kappa shape index (κ2) is 10.6. The highest BCUT2D eigenvalue weighted by molar-refractivity contribution is 5.90. The first-order chi connectivity index (χ1) is 14.7. The molecular formula is C22H28N2O7. The van der Waals surface area contributed by atoms with Gasteiger partial charge in [0.15, 0.2) is 6.61 Å². The number of rotatable bonds is 10. The van der Waals surface area contributed by atoms with Gasteiger partial charge in [-0.2, -0.15) is 0 Å². The molecule has 0 aliphatic carbocycles. The molecule has 0 unspecified atom stereocenters. The average Bonchev–Trinajstić information content (AvgIpc) is 2.72. The summed E-state index contributed by atoms with van der Waals surface area (Å²) >= 11 is 0. The van der Waals surface area contributed by atoms with Crippen molar-refractivity contribution in [2.24, 2.45) is 5.92 Å². The minimum absolute atomic E-state index is 0.247. The summed E-state index contributed by atoms with van der Waals surface area (Å²) in [5.41, 5.74) is 1.46. The maximum atomic E-state index is 12.2. The number of carbonyl (C=O) groups excluding carboxylic acids is 2. The van der Waals surface area contributed by atoms with E-state index in [1.807, 2.05) is 20.8 Å². The van der Waals surface area contributed by atoms with Crippen molar-refractivity contribution < 1.29 is 28.6 Å². The van der Waals surface area contributed by atoms with E-state index in [0.717, 1.165) is 11.1 Å². The van der Waals surface area contributed by atoms with E-state index in [1.54, 1.807) is 19.1 Å². The van der Waals surface area contributed by atoms with Crippen LogP contribution in [0.2, 0.25) is 0 Å². The van der Waals surface area contributed by atoms with Crippen molar-refractivity contribution in [2.75, 3.05) is 13.2 Å². The summed E-state index contributed by atoms with van der Waals surface area (Å²) < 4.78 is 10.9. The summed E-state index contributed by atoms with van der Waals surface area (Å²) in [6, 6.07) is 3.84. The number of aryl methyl sites for hydroxylation is 2. The van der Waals surface area contributed by atoms with Gasteiger partial charge >= 0.3 is 11.6 Å². The normalized spacial score (nSPS) is 12.8. The SMILES string of the molecule is CCc1cc(=O)oc2cc(C)cc(OCC(=O)NCC(=O)N[C@@H](C(=O)O)[C@H](C)CC)c12. The van der Waals surface area contributed by atoms with Crippen LogP contribution in [0.3, 0.4) is 0 Å². The van der Waals surface area contributed by atoms with E-state index >= 15 is 0 Å². The standard InChI is InChI=1S/C22H28N2O7/c1-5-13(4)21(22(28)29)24-17(25)10-23-18(26)11-30-15-7-12(3)8-16-20(15)14(6-2)9-19(27)31-16/h7-9,13,21H,5-6,10-11H2,1-4H3,(H,23,26)(H,24,25)(H,28,29)/t13-,21-/m1/s1. The van der Waals surface area contributed by atoms with Crippen LogP contribution >= 0.6 is 0 Å². The summed E-state index contributed by atoms with van der Waals surface area (Å²) in [7, 11) is 0. The zero-order valence-electron chi connectivity index (χ0n) is 18.1. The number of ether oxygens (including phenoxy) is 1. The molecule has 168 valence electrons. The quantitative estimate of drug-likeness (QED) is 0.487. The van der Waals surface area contributed by atoms with E-state index < -0.39 is 29.5 Å². The van der Waals surface area contributed by atoms with Gasteiger partial charge in [-0.3, -0.25) is 9.59 Å². The Kier molecular flexibility index (Phi) is 8.18. The van der Waals surface area contributed by atoms with Crippen molar-refractivity contribution in [3.8, 4) is 5.75 Å². The molecule has 1 heterocycles. The second-order valence-corrected chi connectivity index (χ2v) is 7.41. The van der Waals surface area contributed by atoms with Crippen LogP contribution in [-0.4, -0.2) is 42.1 Å². The molecule has 2 amide bonds. The molecule has 0 radical (unpaired) electrons. The molecule has 9 heteroatoms. The molecule has 2 atom stereocenters. The van der Waals surface area contributed by atoms with Gasteiger partial charge < -0.3 is 24.9 Å². The lowest BCUT2D eigenvalue weighted by atomic mass is 9.99. The summed E-state index contributed by atoms with van der Waals surface area (Å²) in [6.07, 6.45) is 1.16.